The lowest BCUT2D eigenvalue weighted by Crippen LogP contribution is -2.46. The van der Waals surface area contributed by atoms with Crippen LogP contribution in [0.25, 0.3) is 0 Å². The third-order valence-electron chi connectivity index (χ3n) is 4.86. The second-order valence-corrected chi connectivity index (χ2v) is 6.52. The molecule has 0 spiro atoms. The summed E-state index contributed by atoms with van der Waals surface area (Å²) in [5.41, 5.74) is 2.94. The highest BCUT2D eigenvalue weighted by atomic mass is 15.3. The van der Waals surface area contributed by atoms with Crippen LogP contribution in [0.4, 0.5) is 0 Å². The Morgan fingerprint density at radius 3 is 2.14 bits per heavy atom. The van der Waals surface area contributed by atoms with Gasteiger partial charge in [0.15, 0.2) is 0 Å². The molecule has 21 heavy (non-hydrogen) atoms. The zero-order valence-electron chi connectivity index (χ0n) is 14.1. The summed E-state index contributed by atoms with van der Waals surface area (Å²) in [7, 11) is 0. The maximum absolute atomic E-state index is 2.62. The van der Waals surface area contributed by atoms with Crippen molar-refractivity contribution in [2.45, 2.75) is 52.5 Å². The molecule has 1 aromatic carbocycles. The second kappa shape index (κ2) is 8.55. The van der Waals surface area contributed by atoms with Crippen molar-refractivity contribution in [2.24, 2.45) is 0 Å². The van der Waals surface area contributed by atoms with Crippen LogP contribution < -0.4 is 0 Å². The van der Waals surface area contributed by atoms with Gasteiger partial charge in [-0.25, -0.2) is 0 Å². The van der Waals surface area contributed by atoms with E-state index in [1.165, 1.54) is 63.1 Å². The molecule has 1 atom stereocenters. The number of nitrogens with zero attached hydrogens (tertiary/aromatic N) is 2. The minimum Gasteiger partial charge on any atom is -0.301 e. The van der Waals surface area contributed by atoms with E-state index in [9.17, 15) is 0 Å². The van der Waals surface area contributed by atoms with E-state index in [2.05, 4.69) is 54.8 Å². The molecule has 0 saturated carbocycles. The van der Waals surface area contributed by atoms with Crippen molar-refractivity contribution in [3.05, 3.63) is 35.4 Å². The fraction of sp³-hybridized carbons (Fsp3) is 0.684. The minimum atomic E-state index is 0.682. The maximum Gasteiger partial charge on any atom is 0.0234 e. The van der Waals surface area contributed by atoms with Crippen molar-refractivity contribution < 1.29 is 0 Å². The summed E-state index contributed by atoms with van der Waals surface area (Å²) < 4.78 is 0. The highest BCUT2D eigenvalue weighted by Crippen LogP contribution is 2.19. The largest absolute Gasteiger partial charge is 0.301 e. The van der Waals surface area contributed by atoms with Gasteiger partial charge in [0, 0.05) is 32.7 Å². The number of rotatable bonds is 7. The fourth-order valence-corrected chi connectivity index (χ4v) is 3.00. The standard InChI is InChI=1S/C19H32N2/c1-4-6-11-20-12-14-21(15-13-20)16-18-7-9-19(10-8-18)17(3)5-2/h7-10,17H,4-6,11-16H2,1-3H3. The SMILES string of the molecule is CCCCN1CCN(Cc2ccc(C(C)CC)cc2)CC1. The zero-order chi connectivity index (χ0) is 15.1. The number of benzene rings is 1. The third kappa shape index (κ3) is 5.12. The minimum absolute atomic E-state index is 0.682. The fourth-order valence-electron chi connectivity index (χ4n) is 3.00. The predicted octanol–water partition coefficient (Wildman–Crippen LogP) is 4.12. The van der Waals surface area contributed by atoms with Crippen LogP contribution in [0, 0.1) is 0 Å². The van der Waals surface area contributed by atoms with E-state index in [-0.39, 0.29) is 0 Å². The van der Waals surface area contributed by atoms with Gasteiger partial charge in [-0.15, -0.1) is 0 Å². The molecule has 1 unspecified atom stereocenters. The van der Waals surface area contributed by atoms with Crippen molar-refractivity contribution in [3.8, 4) is 0 Å². The molecule has 1 fully saturated rings. The molecule has 0 radical (unpaired) electrons. The topological polar surface area (TPSA) is 6.48 Å². The average Bonchev–Trinajstić information content (AvgIpc) is 2.54. The van der Waals surface area contributed by atoms with Gasteiger partial charge in [0.1, 0.15) is 0 Å². The Morgan fingerprint density at radius 2 is 1.57 bits per heavy atom. The summed E-state index contributed by atoms with van der Waals surface area (Å²) in [6, 6.07) is 9.29. The van der Waals surface area contributed by atoms with E-state index < -0.39 is 0 Å². The van der Waals surface area contributed by atoms with Crippen molar-refractivity contribution in [1.82, 2.24) is 9.80 Å². The van der Waals surface area contributed by atoms with Gasteiger partial charge in [0.2, 0.25) is 0 Å². The number of hydrogen-bond acceptors (Lipinski definition) is 2. The van der Waals surface area contributed by atoms with Crippen LogP contribution >= 0.6 is 0 Å². The van der Waals surface area contributed by atoms with Gasteiger partial charge < -0.3 is 4.90 Å². The molecular weight excluding hydrogens is 256 g/mol. The van der Waals surface area contributed by atoms with E-state index >= 15 is 0 Å². The molecule has 2 heteroatoms. The maximum atomic E-state index is 2.62. The molecule has 1 aliphatic heterocycles. The van der Waals surface area contributed by atoms with Crippen molar-refractivity contribution in [1.29, 1.82) is 0 Å². The Kier molecular flexibility index (Phi) is 6.72. The first kappa shape index (κ1) is 16.5. The van der Waals surface area contributed by atoms with Crippen LogP contribution in [-0.2, 0) is 6.54 Å². The Bertz CT molecular complexity index is 391. The first-order chi connectivity index (χ1) is 10.2. The highest BCUT2D eigenvalue weighted by molar-refractivity contribution is 5.25. The number of unbranched alkanes of at least 4 members (excludes halogenated alkanes) is 1. The lowest BCUT2D eigenvalue weighted by Gasteiger charge is -2.34. The molecule has 1 aliphatic rings. The van der Waals surface area contributed by atoms with E-state index in [1.807, 2.05) is 0 Å². The van der Waals surface area contributed by atoms with Crippen molar-refractivity contribution in [3.63, 3.8) is 0 Å². The van der Waals surface area contributed by atoms with Gasteiger partial charge in [0.05, 0.1) is 0 Å². The van der Waals surface area contributed by atoms with Crippen LogP contribution in [0.5, 0.6) is 0 Å². The number of hydrogen-bond donors (Lipinski definition) is 0. The lowest BCUT2D eigenvalue weighted by molar-refractivity contribution is 0.126. The molecule has 0 amide bonds. The molecule has 1 saturated heterocycles. The summed E-state index contributed by atoms with van der Waals surface area (Å²) in [5.74, 6) is 0.682. The first-order valence-electron chi connectivity index (χ1n) is 8.76. The molecule has 2 nitrogen and oxygen atoms in total. The Morgan fingerprint density at radius 1 is 0.952 bits per heavy atom. The molecule has 0 aliphatic carbocycles. The molecule has 0 bridgehead atoms. The number of piperazine rings is 1. The summed E-state index contributed by atoms with van der Waals surface area (Å²) in [6.07, 6.45) is 3.87. The summed E-state index contributed by atoms with van der Waals surface area (Å²) >= 11 is 0. The van der Waals surface area contributed by atoms with Gasteiger partial charge in [-0.2, -0.15) is 0 Å². The molecule has 1 heterocycles. The lowest BCUT2D eigenvalue weighted by atomic mass is 9.97. The van der Waals surface area contributed by atoms with E-state index in [1.54, 1.807) is 0 Å². The Balaban J connectivity index is 1.78. The summed E-state index contributed by atoms with van der Waals surface area (Å²) in [5, 5.41) is 0. The van der Waals surface area contributed by atoms with Gasteiger partial charge in [-0.3, -0.25) is 4.90 Å². The molecule has 1 aromatic rings. The molecule has 118 valence electrons. The van der Waals surface area contributed by atoms with Gasteiger partial charge in [-0.1, -0.05) is 51.5 Å². The van der Waals surface area contributed by atoms with E-state index in [0.717, 1.165) is 6.54 Å². The van der Waals surface area contributed by atoms with Crippen molar-refractivity contribution in [2.75, 3.05) is 32.7 Å². The third-order valence-corrected chi connectivity index (χ3v) is 4.86. The molecular formula is C19H32N2. The molecule has 2 rings (SSSR count). The van der Waals surface area contributed by atoms with Crippen LogP contribution in [0.1, 0.15) is 57.1 Å². The first-order valence-corrected chi connectivity index (χ1v) is 8.76. The van der Waals surface area contributed by atoms with Crippen LogP contribution in [-0.4, -0.2) is 42.5 Å². The van der Waals surface area contributed by atoms with Gasteiger partial charge in [0.25, 0.3) is 0 Å². The average molecular weight is 288 g/mol. The zero-order valence-corrected chi connectivity index (χ0v) is 14.1. The van der Waals surface area contributed by atoms with E-state index in [0.29, 0.717) is 5.92 Å². The second-order valence-electron chi connectivity index (χ2n) is 6.52. The quantitative estimate of drug-likeness (QED) is 0.745. The Labute approximate surface area is 131 Å². The van der Waals surface area contributed by atoms with E-state index in [4.69, 9.17) is 0 Å². The van der Waals surface area contributed by atoms with Crippen LogP contribution in [0.2, 0.25) is 0 Å². The molecule has 0 N–H and O–H groups in total. The molecule has 0 aromatic heterocycles. The van der Waals surface area contributed by atoms with Gasteiger partial charge in [-0.05, 0) is 36.4 Å². The van der Waals surface area contributed by atoms with Crippen molar-refractivity contribution >= 4 is 0 Å². The smallest absolute Gasteiger partial charge is 0.0234 e. The monoisotopic (exact) mass is 288 g/mol. The normalized spacial score (nSPS) is 18.8. The summed E-state index contributed by atoms with van der Waals surface area (Å²) in [4.78, 5) is 5.22. The van der Waals surface area contributed by atoms with Crippen LogP contribution in [0.15, 0.2) is 24.3 Å². The van der Waals surface area contributed by atoms with Crippen LogP contribution in [0.3, 0.4) is 0 Å². The predicted molar refractivity (Wildman–Crippen MR) is 91.8 cm³/mol. The highest BCUT2D eigenvalue weighted by Gasteiger charge is 2.16. The Hall–Kier alpha value is -0.860. The van der Waals surface area contributed by atoms with Gasteiger partial charge >= 0.3 is 0 Å². The summed E-state index contributed by atoms with van der Waals surface area (Å²) in [6.45, 7) is 14.2.